The Hall–Kier alpha value is 1.44. The van der Waals surface area contributed by atoms with Gasteiger partial charge in [0.05, 0.1) is 13.2 Å². The molecule has 0 saturated heterocycles. The van der Waals surface area contributed by atoms with E-state index >= 15 is 0 Å². The number of rotatable bonds is 6. The van der Waals surface area contributed by atoms with E-state index in [0.717, 1.165) is 0 Å². The molecule has 0 rings (SSSR count). The monoisotopic (exact) mass is 305 g/mol. The van der Waals surface area contributed by atoms with Gasteiger partial charge in [-0.1, -0.05) is 39.9 Å². The molecule has 0 aromatic heterocycles. The minimum absolute atomic E-state index is 0. The van der Waals surface area contributed by atoms with Crippen molar-refractivity contribution >= 4 is 29.7 Å². The smallest absolute Gasteiger partial charge is 0.244 e. The van der Waals surface area contributed by atoms with Gasteiger partial charge in [0.1, 0.15) is 0 Å². The molecule has 91 valence electrons. The molecule has 0 unspecified atom stereocenters. The topological polar surface area (TPSA) is 18.5 Å². The van der Waals surface area contributed by atoms with Gasteiger partial charge in [-0.2, -0.15) is 0 Å². The van der Waals surface area contributed by atoms with E-state index in [0.29, 0.717) is 25.0 Å². The third kappa shape index (κ3) is 11.5. The van der Waals surface area contributed by atoms with Gasteiger partial charge in [0.25, 0.3) is 0 Å². The zero-order chi connectivity index (χ0) is 10.5. The van der Waals surface area contributed by atoms with Gasteiger partial charge in [-0.25, -0.2) is 0 Å². The Kier molecular flexibility index (Phi) is 10.9. The Morgan fingerprint density at radius 1 is 1.07 bits per heavy atom. The molecule has 0 atom stereocenters. The normalized spacial score (nSPS) is 11.9. The molecule has 6 heteroatoms. The van der Waals surface area contributed by atoms with Crippen LogP contribution in [0.4, 0.5) is 0 Å². The summed E-state index contributed by atoms with van der Waals surface area (Å²) in [5.74, 6) is 0.939. The van der Waals surface area contributed by atoms with Crippen molar-refractivity contribution in [3.05, 3.63) is 0 Å². The molecule has 0 N–H and O–H groups in total. The molecular weight excluding hydrogens is 287 g/mol. The van der Waals surface area contributed by atoms with E-state index < -0.39 is 5.69 Å². The summed E-state index contributed by atoms with van der Waals surface area (Å²) in [7, 11) is 0. The molecule has 0 spiro atoms. The number of hydrogen-bond acceptors (Lipinski definition) is 3. The van der Waals surface area contributed by atoms with Gasteiger partial charge < -0.3 is 9.05 Å². The van der Waals surface area contributed by atoms with Gasteiger partial charge in [-0.05, 0) is 23.6 Å². The van der Waals surface area contributed by atoms with Crippen LogP contribution in [0.1, 0.15) is 27.7 Å². The largest absolute Gasteiger partial charge is 0.322 e. The van der Waals surface area contributed by atoms with Crippen LogP contribution < -0.4 is 0 Å². The predicted molar refractivity (Wildman–Crippen MR) is 64.9 cm³/mol. The average Bonchev–Trinajstić information content (AvgIpc) is 1.98. The van der Waals surface area contributed by atoms with Gasteiger partial charge in [0.15, 0.2) is 0 Å². The first-order chi connectivity index (χ1) is 5.83. The molecule has 0 aromatic carbocycles. The van der Waals surface area contributed by atoms with Crippen LogP contribution >= 0.6 is 17.9 Å². The maximum atomic E-state index is 5.41. The van der Waals surface area contributed by atoms with Crippen LogP contribution in [0.3, 0.4) is 0 Å². The molecule has 1 radical (unpaired) electrons. The molecule has 0 bridgehead atoms. The van der Waals surface area contributed by atoms with Crippen LogP contribution in [0.25, 0.3) is 0 Å². The molecule has 0 aliphatic heterocycles. The zero-order valence-electron chi connectivity index (χ0n) is 8.99. The fourth-order valence-electron chi connectivity index (χ4n) is 0.524. The summed E-state index contributed by atoms with van der Waals surface area (Å²) in [6.45, 7) is 9.55. The van der Waals surface area contributed by atoms with Gasteiger partial charge in [-0.3, -0.25) is 0 Å². The maximum absolute atomic E-state index is 5.41. The summed E-state index contributed by atoms with van der Waals surface area (Å²) < 4.78 is 10.8. The van der Waals surface area contributed by atoms with Crippen LogP contribution in [0.2, 0.25) is 0 Å². The van der Waals surface area contributed by atoms with Gasteiger partial charge in [0.2, 0.25) is 5.69 Å². The first kappa shape index (κ1) is 17.8. The van der Waals surface area contributed by atoms with Gasteiger partial charge in [0, 0.05) is 17.1 Å². The number of hydrogen-bond donors (Lipinski definition) is 1. The van der Waals surface area contributed by atoms with Crippen molar-refractivity contribution < 1.29 is 26.1 Å². The molecule has 0 aromatic rings. The second-order valence-electron chi connectivity index (χ2n) is 3.85. The first-order valence-electron chi connectivity index (χ1n) is 4.45. The average molecular weight is 306 g/mol. The summed E-state index contributed by atoms with van der Waals surface area (Å²) >= 11 is 9.33. The Labute approximate surface area is 108 Å². The Balaban J connectivity index is 0. The van der Waals surface area contributed by atoms with E-state index in [1.165, 1.54) is 0 Å². The maximum Gasteiger partial charge on any atom is 0.244 e. The molecule has 2 nitrogen and oxygen atoms in total. The summed E-state index contributed by atoms with van der Waals surface area (Å²) in [6.07, 6.45) is 0. The molecule has 0 heterocycles. The quantitative estimate of drug-likeness (QED) is 0.460. The Morgan fingerprint density at radius 3 is 1.57 bits per heavy atom. The van der Waals surface area contributed by atoms with Crippen LogP contribution in [0.5, 0.6) is 0 Å². The van der Waals surface area contributed by atoms with Crippen molar-refractivity contribution in [3.8, 4) is 0 Å². The second kappa shape index (κ2) is 8.58. The molecule has 0 fully saturated rings. The fourth-order valence-corrected chi connectivity index (χ4v) is 2.34. The predicted octanol–water partition coefficient (Wildman–Crippen LogP) is 3.48. The minimum Gasteiger partial charge on any atom is -0.322 e. The van der Waals surface area contributed by atoms with Crippen molar-refractivity contribution in [1.82, 2.24) is 0 Å². The Morgan fingerprint density at radius 2 is 1.36 bits per heavy atom. The molecule has 0 amide bonds. The second-order valence-corrected chi connectivity index (χ2v) is 9.14. The Bertz CT molecular complexity index is 172. The zero-order valence-corrected chi connectivity index (χ0v) is 12.5. The first-order valence-corrected chi connectivity index (χ1v) is 8.24. The van der Waals surface area contributed by atoms with Gasteiger partial charge >= 0.3 is 0 Å². The standard InChI is InChI=1S/C8H19O2PS2.Cu/c1-7(2)5-9-11(12,13)10-6-8(3)4;/h7-8H,5-6H2,1-4H3,(H,12,13);. The van der Waals surface area contributed by atoms with Crippen molar-refractivity contribution in [1.29, 1.82) is 0 Å². The van der Waals surface area contributed by atoms with E-state index in [1.54, 1.807) is 0 Å². The van der Waals surface area contributed by atoms with E-state index in [9.17, 15) is 0 Å². The molecule has 0 aliphatic carbocycles. The summed E-state index contributed by atoms with van der Waals surface area (Å²) in [6, 6.07) is 0. The van der Waals surface area contributed by atoms with Gasteiger partial charge in [-0.15, -0.1) is 0 Å². The number of thiol groups is 1. The van der Waals surface area contributed by atoms with Crippen LogP contribution in [-0.4, -0.2) is 13.2 Å². The minimum atomic E-state index is -2.27. The third-order valence-corrected chi connectivity index (χ3v) is 3.42. The van der Waals surface area contributed by atoms with E-state index in [2.05, 4.69) is 39.9 Å². The van der Waals surface area contributed by atoms with Crippen molar-refractivity contribution in [2.24, 2.45) is 11.8 Å². The van der Waals surface area contributed by atoms with E-state index in [4.69, 9.17) is 20.9 Å². The molecule has 14 heavy (non-hydrogen) atoms. The molecule has 0 aliphatic rings. The molecule has 0 saturated carbocycles. The summed E-state index contributed by atoms with van der Waals surface area (Å²) in [4.78, 5) is 0. The SMILES string of the molecule is CC(C)COP(=S)(S)OCC(C)C.[Cu]. The van der Waals surface area contributed by atoms with Crippen LogP contribution in [-0.2, 0) is 37.9 Å². The van der Waals surface area contributed by atoms with Crippen LogP contribution in [0.15, 0.2) is 0 Å². The van der Waals surface area contributed by atoms with Crippen molar-refractivity contribution in [2.45, 2.75) is 27.7 Å². The van der Waals surface area contributed by atoms with Crippen LogP contribution in [0, 0.1) is 11.8 Å². The third-order valence-electron chi connectivity index (χ3n) is 1.14. The summed E-state index contributed by atoms with van der Waals surface area (Å²) in [5, 5.41) is 0. The van der Waals surface area contributed by atoms with E-state index in [-0.39, 0.29) is 17.1 Å². The van der Waals surface area contributed by atoms with Crippen molar-refractivity contribution in [2.75, 3.05) is 13.2 Å². The van der Waals surface area contributed by atoms with E-state index in [1.807, 2.05) is 0 Å². The summed E-state index contributed by atoms with van der Waals surface area (Å²) in [5.41, 5.74) is -2.27. The molecular formula is C8H19CuO2PS2. The van der Waals surface area contributed by atoms with Crippen molar-refractivity contribution in [3.63, 3.8) is 0 Å². The fraction of sp³-hybridized carbons (Fsp3) is 1.00.